The number of Topliss-reactive ketones (excluding diaryl/α,β-unsaturated/α-hetero) is 2. The van der Waals surface area contributed by atoms with Gasteiger partial charge in [0.2, 0.25) is 5.75 Å². The lowest BCUT2D eigenvalue weighted by Crippen LogP contribution is -2.74. The molecule has 3 aromatic carbocycles. The highest BCUT2D eigenvalue weighted by Gasteiger charge is 2.99. The Labute approximate surface area is 648 Å². The number of esters is 1. The Bertz CT molecular complexity index is 4030. The van der Waals surface area contributed by atoms with Crippen molar-refractivity contribution in [2.24, 2.45) is 0 Å². The van der Waals surface area contributed by atoms with E-state index in [0.29, 0.717) is 0 Å². The van der Waals surface area contributed by atoms with Gasteiger partial charge in [0.15, 0.2) is 23.1 Å². The van der Waals surface area contributed by atoms with Crippen LogP contribution in [0.25, 0.3) is 6.08 Å². The van der Waals surface area contributed by atoms with Gasteiger partial charge in [0, 0.05) is 30.4 Å². The van der Waals surface area contributed by atoms with Crippen molar-refractivity contribution < 1.29 is 267 Å². The summed E-state index contributed by atoms with van der Waals surface area (Å²) in [5, 5.41) is 0. The van der Waals surface area contributed by atoms with E-state index in [1.165, 1.54) is 54.6 Å². The van der Waals surface area contributed by atoms with Crippen molar-refractivity contribution in [2.75, 3.05) is 46.2 Å². The Balaban J connectivity index is 1.77. The van der Waals surface area contributed by atoms with Crippen LogP contribution in [0.5, 0.6) is 23.0 Å². The van der Waals surface area contributed by atoms with Crippen molar-refractivity contribution in [3.8, 4) is 23.0 Å². The molecular formula is C63H43F51O9. The average molecular weight is 1910 g/mol. The van der Waals surface area contributed by atoms with Crippen LogP contribution in [-0.2, 0) is 9.47 Å². The van der Waals surface area contributed by atoms with E-state index in [1.807, 2.05) is 0 Å². The molecule has 9 nitrogen and oxygen atoms in total. The van der Waals surface area contributed by atoms with Gasteiger partial charge in [-0.25, -0.2) is 4.79 Å². The molecule has 706 valence electrons. The van der Waals surface area contributed by atoms with Crippen LogP contribution in [0, 0.1) is 0 Å². The monoisotopic (exact) mass is 1910 g/mol. The third-order valence-corrected chi connectivity index (χ3v) is 17.1. The summed E-state index contributed by atoms with van der Waals surface area (Å²) in [5.41, 5.74) is -1.20. The van der Waals surface area contributed by atoms with E-state index in [2.05, 4.69) is 0 Å². The summed E-state index contributed by atoms with van der Waals surface area (Å²) < 4.78 is 741. The lowest BCUT2D eigenvalue weighted by molar-refractivity contribution is -0.461. The maximum absolute atomic E-state index is 14.9. The second kappa shape index (κ2) is 34.5. The topological polar surface area (TPSA) is 107 Å². The van der Waals surface area contributed by atoms with Gasteiger partial charge >= 0.3 is 149 Å². The van der Waals surface area contributed by atoms with E-state index in [0.717, 1.165) is 0 Å². The molecule has 4 rings (SSSR count). The zero-order chi connectivity index (χ0) is 96.3. The second-order valence-corrected chi connectivity index (χ2v) is 25.6. The Morgan fingerprint density at radius 3 is 0.821 bits per heavy atom. The fraction of sp³-hybridized carbons (Fsp3) is 0.635. The summed E-state index contributed by atoms with van der Waals surface area (Å²) in [7, 11) is 0. The highest BCUT2D eigenvalue weighted by Crippen LogP contribution is 2.69. The van der Waals surface area contributed by atoms with E-state index in [9.17, 15) is 238 Å². The maximum Gasteiger partial charge on any atom is 0.460 e. The molecule has 0 saturated heterocycles. The van der Waals surface area contributed by atoms with E-state index >= 15 is 0 Å². The number of hydrogen-bond donors (Lipinski definition) is 0. The zero-order valence-corrected chi connectivity index (χ0v) is 58.6. The van der Waals surface area contributed by atoms with Crippen molar-refractivity contribution in [3.05, 3.63) is 88.5 Å². The van der Waals surface area contributed by atoms with Crippen LogP contribution in [0.2, 0.25) is 0 Å². The first-order valence-electron chi connectivity index (χ1n) is 32.2. The van der Waals surface area contributed by atoms with Gasteiger partial charge in [-0.3, -0.25) is 9.59 Å². The Morgan fingerprint density at radius 2 is 0.537 bits per heavy atom. The maximum atomic E-state index is 14.9. The number of ether oxygens (including phenoxy) is 6. The average Bonchev–Trinajstić information content (AvgIpc) is 0.781. The summed E-state index contributed by atoms with van der Waals surface area (Å²) >= 11 is 0. The number of alkyl halides is 51. The number of fused-ring (bicyclic) bond motifs is 1. The summed E-state index contributed by atoms with van der Waals surface area (Å²) in [6.45, 7) is -8.62. The third-order valence-electron chi connectivity index (χ3n) is 17.1. The van der Waals surface area contributed by atoms with Gasteiger partial charge in [-0.2, -0.15) is 224 Å². The second-order valence-electron chi connectivity index (χ2n) is 25.6. The number of ketones is 2. The molecule has 0 saturated carbocycles. The van der Waals surface area contributed by atoms with Crippen LogP contribution in [0.1, 0.15) is 94.4 Å². The fourth-order valence-electron chi connectivity index (χ4n) is 9.82. The fourth-order valence-corrected chi connectivity index (χ4v) is 9.82. The summed E-state index contributed by atoms with van der Waals surface area (Å²) in [6, 6.07) is 10.8. The number of carbonyl (C=O) groups excluding carboxylic acids is 3. The van der Waals surface area contributed by atoms with Crippen LogP contribution in [0.15, 0.2) is 66.2 Å². The smallest absolute Gasteiger partial charge is 0.460 e. The predicted molar refractivity (Wildman–Crippen MR) is 303 cm³/mol. The van der Waals surface area contributed by atoms with Crippen LogP contribution in [0.3, 0.4) is 0 Å². The standard InChI is InChI=1S/C63H43F51O9/c64-40(65,43(70,71)46(76,77)49(82,83)52(88,89)55(94,95)58(100,101)61(106,107)108)15-3-6-18-120-34-26-29(39(117)123-24-22-118-21-23-119-30-13-11-28(12-14-30)25-33-36(115)31-9-1-2-10-32(31)37(33)116)27-35(121-19-7-4-16-41(66,67)44(72,73)47(78,79)50(84,85)53(90,91)56(96,97)59(102,103)62(109,110)111)38(34)122-20-8-5-17-42(68,69)45(74,75)48(80,81)51(86,87)54(92,93)57(98,99)60(104,105)63(112,113)114/h1-2,9-14,25-27H,3-8,15-24H2. The number of allylic oxidation sites excluding steroid dienone is 1. The first-order valence-corrected chi connectivity index (χ1v) is 32.2. The van der Waals surface area contributed by atoms with Crippen LogP contribution < -0.4 is 18.9 Å². The molecule has 0 unspecified atom stereocenters. The number of carbonyl (C=O) groups is 3. The minimum Gasteiger partial charge on any atom is -0.491 e. The van der Waals surface area contributed by atoms with Crippen LogP contribution >= 0.6 is 0 Å². The number of benzene rings is 3. The molecule has 0 aromatic heterocycles. The Hall–Kier alpha value is -8.20. The van der Waals surface area contributed by atoms with Gasteiger partial charge < -0.3 is 28.4 Å². The third kappa shape index (κ3) is 18.3. The van der Waals surface area contributed by atoms with Crippen molar-refractivity contribution in [3.63, 3.8) is 0 Å². The van der Waals surface area contributed by atoms with E-state index < -0.39 is 287 Å². The molecule has 1 aliphatic rings. The van der Waals surface area contributed by atoms with Gasteiger partial charge in [-0.05, 0) is 74.4 Å². The normalized spacial score (nSPS) is 15.6. The van der Waals surface area contributed by atoms with Gasteiger partial charge in [0.1, 0.15) is 19.0 Å². The van der Waals surface area contributed by atoms with E-state index in [1.54, 1.807) is 0 Å². The molecule has 0 amide bonds. The Kier molecular flexibility index (Phi) is 30.1. The van der Waals surface area contributed by atoms with Crippen molar-refractivity contribution in [1.82, 2.24) is 0 Å². The molecular weight excluding hydrogens is 1870 g/mol. The number of rotatable bonds is 45. The van der Waals surface area contributed by atoms with Crippen LogP contribution in [0.4, 0.5) is 224 Å². The molecule has 0 fully saturated rings. The predicted octanol–water partition coefficient (Wildman–Crippen LogP) is 24.1. The molecule has 123 heavy (non-hydrogen) atoms. The van der Waals surface area contributed by atoms with E-state index in [4.69, 9.17) is 28.4 Å². The lowest BCUT2D eigenvalue weighted by Gasteiger charge is -2.42. The summed E-state index contributed by atoms with van der Waals surface area (Å²) in [4.78, 5) is 39.0. The molecule has 0 N–H and O–H groups in total. The molecule has 1 aliphatic carbocycles. The first kappa shape index (κ1) is 107. The summed E-state index contributed by atoms with van der Waals surface area (Å²) in [5.74, 6) is -190. The minimum absolute atomic E-state index is 0.00383. The zero-order valence-electron chi connectivity index (χ0n) is 58.6. The highest BCUT2D eigenvalue weighted by molar-refractivity contribution is 6.41. The first-order chi connectivity index (χ1) is 54.6. The van der Waals surface area contributed by atoms with Crippen molar-refractivity contribution in [1.29, 1.82) is 0 Å². The molecule has 0 radical (unpaired) electrons. The van der Waals surface area contributed by atoms with Gasteiger partial charge in [0.05, 0.1) is 44.2 Å². The van der Waals surface area contributed by atoms with Crippen LogP contribution in [-0.4, -0.2) is 207 Å². The molecule has 60 heteroatoms. The van der Waals surface area contributed by atoms with E-state index in [-0.39, 0.29) is 40.1 Å². The molecule has 3 aromatic rings. The Morgan fingerprint density at radius 1 is 0.276 bits per heavy atom. The van der Waals surface area contributed by atoms with Crippen molar-refractivity contribution in [2.45, 2.75) is 201 Å². The number of hydrogen-bond acceptors (Lipinski definition) is 9. The number of unbranched alkanes of at least 4 members (excludes halogenated alkanes) is 3. The lowest BCUT2D eigenvalue weighted by atomic mass is 9.88. The van der Waals surface area contributed by atoms with Crippen molar-refractivity contribution >= 4 is 23.6 Å². The van der Waals surface area contributed by atoms with Gasteiger partial charge in [-0.1, -0.05) is 36.4 Å². The van der Waals surface area contributed by atoms with Gasteiger partial charge in [0.25, 0.3) is 0 Å². The molecule has 0 spiro atoms. The highest BCUT2D eigenvalue weighted by atomic mass is 19.5. The molecule has 0 bridgehead atoms. The minimum atomic E-state index is -9.17. The quantitative estimate of drug-likeness (QED) is 0.0180. The van der Waals surface area contributed by atoms with Gasteiger partial charge in [-0.15, -0.1) is 0 Å². The molecule has 0 aliphatic heterocycles. The SMILES string of the molecule is O=C(OCCOCCOc1ccc(C=C2C(=O)c3ccccc3C2=O)cc1)c1cc(OCCCCC(F)(F)C(F)(F)C(F)(F)C(F)(F)C(F)(F)C(F)(F)C(F)(F)C(F)(F)F)c(OCCCCC(F)(F)C(F)(F)C(F)(F)C(F)(F)C(F)(F)C(F)(F)C(F)(F)C(F)(F)F)c(OCCCCC(F)(F)C(F)(F)C(F)(F)C(F)(F)C(F)(F)C(F)(F)C(F)(F)C(F)(F)F)c1. The molecule has 0 heterocycles. The largest absolute Gasteiger partial charge is 0.491 e. The number of halogens is 51. The summed E-state index contributed by atoms with van der Waals surface area (Å²) in [6.07, 6.45) is -45.3. The molecule has 0 atom stereocenters.